The van der Waals surface area contributed by atoms with Gasteiger partial charge in [0.25, 0.3) is 0 Å². The van der Waals surface area contributed by atoms with Crippen molar-refractivity contribution in [2.24, 2.45) is 0 Å². The molecule has 0 aliphatic carbocycles. The smallest absolute Gasteiger partial charge is 0.131 e. The van der Waals surface area contributed by atoms with Crippen LogP contribution in [-0.4, -0.2) is 48.3 Å². The lowest BCUT2D eigenvalue weighted by molar-refractivity contribution is 0.0892. The van der Waals surface area contributed by atoms with E-state index in [1.807, 2.05) is 10.9 Å². The first-order valence-corrected chi connectivity index (χ1v) is 7.99. The van der Waals surface area contributed by atoms with Crippen molar-refractivity contribution in [1.29, 1.82) is 0 Å². The van der Waals surface area contributed by atoms with Crippen LogP contribution >= 0.6 is 11.3 Å². The Kier molecular flexibility index (Phi) is 4.01. The Hall–Kier alpha value is -1.38. The molecule has 2 aromatic heterocycles. The van der Waals surface area contributed by atoms with E-state index in [9.17, 15) is 5.11 Å². The van der Waals surface area contributed by atoms with Crippen LogP contribution in [0.5, 0.6) is 0 Å². The second-order valence-electron chi connectivity index (χ2n) is 5.84. The lowest BCUT2D eigenvalue weighted by Gasteiger charge is -2.38. The van der Waals surface area contributed by atoms with Gasteiger partial charge in [0, 0.05) is 19.0 Å². The minimum absolute atomic E-state index is 0.336. The first kappa shape index (κ1) is 14.6. The molecule has 1 N–H and O–H groups in total. The highest BCUT2D eigenvalue weighted by atomic mass is 32.1. The predicted molar refractivity (Wildman–Crippen MR) is 79.0 cm³/mol. The summed E-state index contributed by atoms with van der Waals surface area (Å²) >= 11 is 1.69. The van der Waals surface area contributed by atoms with Gasteiger partial charge in [0.05, 0.1) is 24.9 Å². The van der Waals surface area contributed by atoms with E-state index in [1.54, 1.807) is 18.3 Å². The average Bonchev–Trinajstić information content (AvgIpc) is 3.02. The Morgan fingerprint density at radius 2 is 2.05 bits per heavy atom. The second-order valence-corrected chi connectivity index (χ2v) is 6.93. The molecule has 3 heterocycles. The van der Waals surface area contributed by atoms with Crippen molar-refractivity contribution in [3.63, 3.8) is 0 Å². The van der Waals surface area contributed by atoms with E-state index in [1.165, 1.54) is 0 Å². The molecule has 1 aliphatic heterocycles. The number of rotatable bonds is 5. The maximum absolute atomic E-state index is 9.46. The van der Waals surface area contributed by atoms with Crippen molar-refractivity contribution < 1.29 is 5.11 Å². The fourth-order valence-corrected chi connectivity index (χ4v) is 3.14. The van der Waals surface area contributed by atoms with Gasteiger partial charge >= 0.3 is 0 Å². The van der Waals surface area contributed by atoms with Crippen LogP contribution in [0.25, 0.3) is 0 Å². The molecule has 114 valence electrons. The molecular weight excluding hydrogens is 288 g/mol. The van der Waals surface area contributed by atoms with Gasteiger partial charge in [0.15, 0.2) is 0 Å². The first-order valence-electron chi connectivity index (χ1n) is 7.17. The van der Waals surface area contributed by atoms with Crippen molar-refractivity contribution in [3.05, 3.63) is 21.9 Å². The van der Waals surface area contributed by atoms with E-state index in [4.69, 9.17) is 0 Å². The molecule has 0 bridgehead atoms. The average molecular weight is 308 g/mol. The van der Waals surface area contributed by atoms with Crippen LogP contribution in [0, 0.1) is 0 Å². The molecule has 1 aliphatic rings. The summed E-state index contributed by atoms with van der Waals surface area (Å²) in [6.07, 6.45) is 1.26. The molecule has 0 radical (unpaired) electrons. The molecule has 1 fully saturated rings. The quantitative estimate of drug-likeness (QED) is 0.898. The minimum atomic E-state index is -0.564. The zero-order valence-electron chi connectivity index (χ0n) is 12.5. The fraction of sp³-hybridized carbons (Fsp3) is 0.692. The summed E-state index contributed by atoms with van der Waals surface area (Å²) < 4.78 is 1.85. The van der Waals surface area contributed by atoms with Gasteiger partial charge in [-0.15, -0.1) is 15.3 Å². The van der Waals surface area contributed by atoms with Gasteiger partial charge in [-0.1, -0.05) is 30.4 Å². The lowest BCUT2D eigenvalue weighted by atomic mass is 10.1. The highest BCUT2D eigenvalue weighted by Crippen LogP contribution is 2.25. The van der Waals surface area contributed by atoms with Crippen LogP contribution in [0.1, 0.15) is 54.5 Å². The van der Waals surface area contributed by atoms with Crippen LogP contribution < -0.4 is 0 Å². The summed E-state index contributed by atoms with van der Waals surface area (Å²) in [6, 6.07) is 0.336. The van der Waals surface area contributed by atoms with Gasteiger partial charge in [-0.2, -0.15) is 0 Å². The topological polar surface area (TPSA) is 80.0 Å². The van der Waals surface area contributed by atoms with Crippen LogP contribution in [0.4, 0.5) is 0 Å². The molecule has 8 heteroatoms. The molecule has 1 unspecified atom stereocenters. The van der Waals surface area contributed by atoms with Gasteiger partial charge in [0.1, 0.15) is 15.7 Å². The van der Waals surface area contributed by atoms with Crippen molar-refractivity contribution in [2.75, 3.05) is 13.1 Å². The monoisotopic (exact) mass is 308 g/mol. The molecule has 0 spiro atoms. The zero-order valence-corrected chi connectivity index (χ0v) is 13.3. The first-order chi connectivity index (χ1) is 10.0. The van der Waals surface area contributed by atoms with Crippen LogP contribution in [-0.2, 0) is 6.54 Å². The van der Waals surface area contributed by atoms with E-state index >= 15 is 0 Å². The molecule has 7 nitrogen and oxygen atoms in total. The van der Waals surface area contributed by atoms with E-state index in [0.29, 0.717) is 17.7 Å². The Balaban J connectivity index is 1.53. The summed E-state index contributed by atoms with van der Waals surface area (Å²) in [5.74, 6) is 0.439. The molecule has 0 aromatic carbocycles. The maximum Gasteiger partial charge on any atom is 0.131 e. The molecule has 21 heavy (non-hydrogen) atoms. The van der Waals surface area contributed by atoms with Crippen LogP contribution in [0.2, 0.25) is 0 Å². The fourth-order valence-electron chi connectivity index (χ4n) is 2.25. The Labute approximate surface area is 127 Å². The number of aliphatic hydroxyl groups excluding tert-OH is 1. The normalized spacial score (nSPS) is 18.1. The number of hydrogen-bond donors (Lipinski definition) is 1. The lowest BCUT2D eigenvalue weighted by Crippen LogP contribution is -2.47. The van der Waals surface area contributed by atoms with Gasteiger partial charge < -0.3 is 5.11 Å². The highest BCUT2D eigenvalue weighted by molar-refractivity contribution is 7.11. The Bertz CT molecular complexity index is 601. The van der Waals surface area contributed by atoms with Crippen LogP contribution in [0.15, 0.2) is 6.20 Å². The summed E-state index contributed by atoms with van der Waals surface area (Å²) in [7, 11) is 0. The van der Waals surface area contributed by atoms with E-state index < -0.39 is 6.10 Å². The van der Waals surface area contributed by atoms with E-state index in [-0.39, 0.29) is 0 Å². The van der Waals surface area contributed by atoms with E-state index in [2.05, 4.69) is 39.3 Å². The summed E-state index contributed by atoms with van der Waals surface area (Å²) in [5, 5.41) is 28.1. The maximum atomic E-state index is 9.46. The molecule has 0 saturated carbocycles. The highest BCUT2D eigenvalue weighted by Gasteiger charge is 2.30. The van der Waals surface area contributed by atoms with Gasteiger partial charge in [-0.25, -0.2) is 4.68 Å². The van der Waals surface area contributed by atoms with E-state index in [0.717, 1.165) is 29.6 Å². The predicted octanol–water partition coefficient (Wildman–Crippen LogP) is 1.36. The molecule has 1 saturated heterocycles. The third-order valence-corrected chi connectivity index (χ3v) is 4.81. The molecule has 1 atom stereocenters. The zero-order chi connectivity index (χ0) is 15.0. The van der Waals surface area contributed by atoms with Crippen LogP contribution in [0.3, 0.4) is 0 Å². The standard InChI is InChI=1S/C13H20N6OS/c1-8(2)13-16-15-12(21-13)7-18-4-10(5-18)19-6-11(9(3)20)14-17-19/h6,8-10,20H,4-5,7H2,1-3H3. The SMILES string of the molecule is CC(C)c1nnc(CN2CC(n3cc(C(C)O)nn3)C2)s1. The summed E-state index contributed by atoms with van der Waals surface area (Å²) in [5.41, 5.74) is 0.624. The number of aliphatic hydroxyl groups is 1. The second kappa shape index (κ2) is 5.78. The molecule has 0 amide bonds. The summed E-state index contributed by atoms with van der Waals surface area (Å²) in [4.78, 5) is 2.32. The van der Waals surface area contributed by atoms with Crippen molar-refractivity contribution in [2.45, 2.75) is 45.4 Å². The largest absolute Gasteiger partial charge is 0.387 e. The molecule has 2 aromatic rings. The molecule has 3 rings (SSSR count). The Morgan fingerprint density at radius 1 is 1.29 bits per heavy atom. The minimum Gasteiger partial charge on any atom is -0.387 e. The Morgan fingerprint density at radius 3 is 2.62 bits per heavy atom. The third kappa shape index (κ3) is 3.12. The van der Waals surface area contributed by atoms with Crippen molar-refractivity contribution in [1.82, 2.24) is 30.1 Å². The molecular formula is C13H20N6OS. The number of likely N-dealkylation sites (tertiary alicyclic amines) is 1. The summed E-state index contributed by atoms with van der Waals surface area (Å²) in [6.45, 7) is 8.67. The van der Waals surface area contributed by atoms with Crippen molar-refractivity contribution in [3.8, 4) is 0 Å². The van der Waals surface area contributed by atoms with Gasteiger partial charge in [-0.3, -0.25) is 4.90 Å². The number of hydrogen-bond acceptors (Lipinski definition) is 7. The van der Waals surface area contributed by atoms with Crippen molar-refractivity contribution >= 4 is 11.3 Å². The van der Waals surface area contributed by atoms with Gasteiger partial charge in [0.2, 0.25) is 0 Å². The van der Waals surface area contributed by atoms with Gasteiger partial charge in [-0.05, 0) is 6.92 Å². The number of aromatic nitrogens is 5. The number of nitrogens with zero attached hydrogens (tertiary/aromatic N) is 6. The third-order valence-electron chi connectivity index (χ3n) is 3.60.